The lowest BCUT2D eigenvalue weighted by Gasteiger charge is -2.46. The Morgan fingerprint density at radius 2 is 2.10 bits per heavy atom. The van der Waals surface area contributed by atoms with Gasteiger partial charge >= 0.3 is 0 Å². The standard InChI is InChI=1S/C15H24N2O3/c1-3-15(2)14(19)16-12(10-6-7-10)13(18)17(15)9-11-5-4-8-20-11/h10-12H,3-9H2,1-2H3,(H,16,19). The van der Waals surface area contributed by atoms with Crippen LogP contribution in [0.4, 0.5) is 0 Å². The molecule has 1 N–H and O–H groups in total. The molecule has 2 heterocycles. The minimum atomic E-state index is -0.728. The second-order valence-corrected chi connectivity index (χ2v) is 6.50. The summed E-state index contributed by atoms with van der Waals surface area (Å²) < 4.78 is 5.66. The molecule has 0 aromatic rings. The maximum absolute atomic E-state index is 12.8. The third kappa shape index (κ3) is 2.22. The van der Waals surface area contributed by atoms with Crippen LogP contribution < -0.4 is 5.32 Å². The summed E-state index contributed by atoms with van der Waals surface area (Å²) in [7, 11) is 0. The second-order valence-electron chi connectivity index (χ2n) is 6.50. The van der Waals surface area contributed by atoms with Gasteiger partial charge in [0.25, 0.3) is 0 Å². The first-order valence-corrected chi connectivity index (χ1v) is 7.80. The number of hydrogen-bond acceptors (Lipinski definition) is 3. The molecule has 1 saturated carbocycles. The second kappa shape index (κ2) is 5.02. The number of amides is 2. The van der Waals surface area contributed by atoms with Crippen LogP contribution in [0.5, 0.6) is 0 Å². The highest BCUT2D eigenvalue weighted by molar-refractivity contribution is 5.99. The SMILES string of the molecule is CCC1(C)C(=O)NC(C2CC2)C(=O)N1CC1CCCO1. The Labute approximate surface area is 120 Å². The number of nitrogens with zero attached hydrogens (tertiary/aromatic N) is 1. The predicted molar refractivity (Wildman–Crippen MR) is 74.0 cm³/mol. The van der Waals surface area contributed by atoms with Gasteiger partial charge in [-0.3, -0.25) is 9.59 Å². The largest absolute Gasteiger partial charge is 0.376 e. The van der Waals surface area contributed by atoms with Gasteiger partial charge in [0, 0.05) is 13.2 Å². The highest BCUT2D eigenvalue weighted by atomic mass is 16.5. The van der Waals surface area contributed by atoms with Crippen LogP contribution in [0.15, 0.2) is 0 Å². The first-order valence-electron chi connectivity index (χ1n) is 7.80. The quantitative estimate of drug-likeness (QED) is 0.838. The van der Waals surface area contributed by atoms with Crippen molar-refractivity contribution in [2.75, 3.05) is 13.2 Å². The Hall–Kier alpha value is -1.10. The lowest BCUT2D eigenvalue weighted by atomic mass is 9.89. The predicted octanol–water partition coefficient (Wildman–Crippen LogP) is 1.07. The zero-order valence-electron chi connectivity index (χ0n) is 12.4. The van der Waals surface area contributed by atoms with E-state index in [0.29, 0.717) is 18.9 Å². The van der Waals surface area contributed by atoms with E-state index in [9.17, 15) is 9.59 Å². The molecular formula is C15H24N2O3. The van der Waals surface area contributed by atoms with Crippen molar-refractivity contribution in [3.05, 3.63) is 0 Å². The molecule has 1 aliphatic carbocycles. The summed E-state index contributed by atoms with van der Waals surface area (Å²) in [5.41, 5.74) is -0.728. The van der Waals surface area contributed by atoms with Crippen LogP contribution in [0.3, 0.4) is 0 Å². The van der Waals surface area contributed by atoms with Gasteiger partial charge in [0.15, 0.2) is 0 Å². The van der Waals surface area contributed by atoms with Gasteiger partial charge in [-0.2, -0.15) is 0 Å². The summed E-state index contributed by atoms with van der Waals surface area (Å²) in [6, 6.07) is -0.302. The summed E-state index contributed by atoms with van der Waals surface area (Å²) in [4.78, 5) is 27.0. The summed E-state index contributed by atoms with van der Waals surface area (Å²) >= 11 is 0. The molecule has 3 aliphatic rings. The molecule has 2 amide bonds. The molecule has 0 aromatic carbocycles. The third-order valence-electron chi connectivity index (χ3n) is 5.10. The van der Waals surface area contributed by atoms with E-state index < -0.39 is 5.54 Å². The molecule has 3 unspecified atom stereocenters. The Bertz CT molecular complexity index is 415. The van der Waals surface area contributed by atoms with Crippen LogP contribution >= 0.6 is 0 Å². The number of hydrogen-bond donors (Lipinski definition) is 1. The normalized spacial score (nSPS) is 38.2. The zero-order valence-corrected chi connectivity index (χ0v) is 12.4. The Kier molecular flexibility index (Phi) is 3.48. The van der Waals surface area contributed by atoms with E-state index in [1.54, 1.807) is 4.90 Å². The van der Waals surface area contributed by atoms with Crippen LogP contribution in [0.2, 0.25) is 0 Å². The fourth-order valence-corrected chi connectivity index (χ4v) is 3.28. The van der Waals surface area contributed by atoms with Gasteiger partial charge in [-0.15, -0.1) is 0 Å². The molecule has 3 rings (SSSR count). The zero-order chi connectivity index (χ0) is 14.3. The van der Waals surface area contributed by atoms with E-state index in [4.69, 9.17) is 4.74 Å². The van der Waals surface area contributed by atoms with Crippen LogP contribution in [0.1, 0.15) is 46.0 Å². The molecule has 0 spiro atoms. The van der Waals surface area contributed by atoms with Crippen molar-refractivity contribution < 1.29 is 14.3 Å². The van der Waals surface area contributed by atoms with Crippen molar-refractivity contribution in [3.8, 4) is 0 Å². The van der Waals surface area contributed by atoms with E-state index in [0.717, 1.165) is 32.3 Å². The topological polar surface area (TPSA) is 58.6 Å². The van der Waals surface area contributed by atoms with Gasteiger partial charge in [-0.1, -0.05) is 6.92 Å². The van der Waals surface area contributed by atoms with Gasteiger partial charge in [-0.25, -0.2) is 0 Å². The number of carbonyl (C=O) groups is 2. The molecule has 2 saturated heterocycles. The maximum atomic E-state index is 12.8. The minimum absolute atomic E-state index is 0.00510. The highest BCUT2D eigenvalue weighted by Gasteiger charge is 2.52. The van der Waals surface area contributed by atoms with Crippen molar-refractivity contribution in [2.45, 2.75) is 63.6 Å². The Morgan fingerprint density at radius 1 is 1.35 bits per heavy atom. The summed E-state index contributed by atoms with van der Waals surface area (Å²) in [5.74, 6) is 0.432. The van der Waals surface area contributed by atoms with Gasteiger partial charge in [-0.05, 0) is 44.9 Å². The van der Waals surface area contributed by atoms with Crippen molar-refractivity contribution in [2.24, 2.45) is 5.92 Å². The number of rotatable bonds is 4. The average molecular weight is 280 g/mol. The summed E-state index contributed by atoms with van der Waals surface area (Å²) in [6.45, 7) is 5.17. The number of ether oxygens (including phenoxy) is 1. The number of nitrogens with one attached hydrogen (secondary N) is 1. The molecule has 0 radical (unpaired) electrons. The first-order chi connectivity index (χ1) is 9.56. The lowest BCUT2D eigenvalue weighted by Crippen LogP contribution is -2.70. The fourth-order valence-electron chi connectivity index (χ4n) is 3.28. The molecule has 0 bridgehead atoms. The van der Waals surface area contributed by atoms with Gasteiger partial charge in [0.05, 0.1) is 6.10 Å². The molecular weight excluding hydrogens is 256 g/mol. The smallest absolute Gasteiger partial charge is 0.246 e. The molecule has 20 heavy (non-hydrogen) atoms. The molecule has 3 atom stereocenters. The fraction of sp³-hybridized carbons (Fsp3) is 0.867. The molecule has 5 nitrogen and oxygen atoms in total. The molecule has 0 aromatic heterocycles. The molecule has 3 fully saturated rings. The van der Waals surface area contributed by atoms with Crippen molar-refractivity contribution in [1.29, 1.82) is 0 Å². The number of piperazine rings is 1. The Morgan fingerprint density at radius 3 is 2.65 bits per heavy atom. The van der Waals surface area contributed by atoms with E-state index >= 15 is 0 Å². The van der Waals surface area contributed by atoms with Gasteiger partial charge < -0.3 is 15.0 Å². The summed E-state index contributed by atoms with van der Waals surface area (Å²) in [5, 5.41) is 2.95. The van der Waals surface area contributed by atoms with E-state index in [-0.39, 0.29) is 24.0 Å². The van der Waals surface area contributed by atoms with Gasteiger partial charge in [0.1, 0.15) is 11.6 Å². The third-order valence-corrected chi connectivity index (χ3v) is 5.10. The van der Waals surface area contributed by atoms with Crippen molar-refractivity contribution in [1.82, 2.24) is 10.2 Å². The van der Waals surface area contributed by atoms with E-state index in [1.807, 2.05) is 13.8 Å². The molecule has 2 aliphatic heterocycles. The van der Waals surface area contributed by atoms with E-state index in [1.165, 1.54) is 0 Å². The summed E-state index contributed by atoms with van der Waals surface area (Å²) in [6.07, 6.45) is 4.86. The van der Waals surface area contributed by atoms with Crippen LogP contribution in [0.25, 0.3) is 0 Å². The lowest BCUT2D eigenvalue weighted by molar-refractivity contribution is -0.159. The molecule has 112 valence electrons. The van der Waals surface area contributed by atoms with Gasteiger partial charge in [0.2, 0.25) is 11.8 Å². The van der Waals surface area contributed by atoms with Crippen molar-refractivity contribution in [3.63, 3.8) is 0 Å². The van der Waals surface area contributed by atoms with Crippen LogP contribution in [-0.2, 0) is 14.3 Å². The van der Waals surface area contributed by atoms with Crippen molar-refractivity contribution >= 4 is 11.8 Å². The maximum Gasteiger partial charge on any atom is 0.246 e. The number of carbonyl (C=O) groups excluding carboxylic acids is 2. The minimum Gasteiger partial charge on any atom is -0.376 e. The monoisotopic (exact) mass is 280 g/mol. The average Bonchev–Trinajstić information content (AvgIpc) is 3.15. The van der Waals surface area contributed by atoms with Crippen LogP contribution in [0, 0.1) is 5.92 Å². The van der Waals surface area contributed by atoms with Crippen LogP contribution in [-0.4, -0.2) is 47.6 Å². The first kappa shape index (κ1) is 13.9. The molecule has 5 heteroatoms. The highest BCUT2D eigenvalue weighted by Crippen LogP contribution is 2.37. The van der Waals surface area contributed by atoms with E-state index in [2.05, 4.69) is 5.32 Å². The Balaban J connectivity index is 1.82.